The Bertz CT molecular complexity index is 298. The zero-order valence-electron chi connectivity index (χ0n) is 14.5. The van der Waals surface area contributed by atoms with Gasteiger partial charge in [-0.3, -0.25) is 9.59 Å². The summed E-state index contributed by atoms with van der Waals surface area (Å²) in [5.74, 6) is -1.16. The number of aliphatic carboxylic acids is 1. The van der Waals surface area contributed by atoms with Crippen LogP contribution < -0.4 is 5.32 Å². The molecule has 0 saturated carbocycles. The lowest BCUT2D eigenvalue weighted by atomic mass is 10.1. The average molecular weight is 300 g/mol. The quantitative estimate of drug-likeness (QED) is 0.471. The number of unbranched alkanes of at least 4 members (excludes halogenated alkanes) is 10. The zero-order valence-corrected chi connectivity index (χ0v) is 13.5. The topological polar surface area (TPSA) is 66.4 Å². The van der Waals surface area contributed by atoms with Crippen LogP contribution in [0.1, 0.15) is 92.2 Å². The minimum atomic E-state index is -0.993. The van der Waals surface area contributed by atoms with Crippen molar-refractivity contribution in [3.05, 3.63) is 0 Å². The second-order valence-electron chi connectivity index (χ2n) is 5.77. The fourth-order valence-corrected chi connectivity index (χ4v) is 2.25. The zero-order chi connectivity index (χ0) is 16.6. The van der Waals surface area contributed by atoms with Gasteiger partial charge in [-0.15, -0.1) is 0 Å². The fourth-order valence-electron chi connectivity index (χ4n) is 2.25. The lowest BCUT2D eigenvalue weighted by Crippen LogP contribution is -2.38. The Labute approximate surface area is 131 Å². The van der Waals surface area contributed by atoms with Crippen molar-refractivity contribution in [3.8, 4) is 0 Å². The molecule has 4 heteroatoms. The molecule has 21 heavy (non-hydrogen) atoms. The number of rotatable bonds is 14. The first-order valence-corrected chi connectivity index (χ1v) is 8.39. The Morgan fingerprint density at radius 1 is 0.952 bits per heavy atom. The van der Waals surface area contributed by atoms with Crippen LogP contribution in [0.5, 0.6) is 0 Å². The highest BCUT2D eigenvalue weighted by Crippen LogP contribution is 2.11. The van der Waals surface area contributed by atoms with Crippen molar-refractivity contribution in [1.82, 2.24) is 5.32 Å². The highest BCUT2D eigenvalue weighted by Gasteiger charge is 2.12. The maximum atomic E-state index is 11.5. The van der Waals surface area contributed by atoms with Crippen molar-refractivity contribution >= 4 is 11.9 Å². The van der Waals surface area contributed by atoms with Gasteiger partial charge in [-0.2, -0.15) is 0 Å². The van der Waals surface area contributed by atoms with E-state index in [9.17, 15) is 9.59 Å². The van der Waals surface area contributed by atoms with Gasteiger partial charge in [0, 0.05) is 7.79 Å². The summed E-state index contributed by atoms with van der Waals surface area (Å²) >= 11 is 0. The average Bonchev–Trinajstić information content (AvgIpc) is 2.48. The van der Waals surface area contributed by atoms with Gasteiger partial charge in [0.05, 0.1) is 0 Å². The van der Waals surface area contributed by atoms with Crippen molar-refractivity contribution < 1.29 is 16.1 Å². The molecule has 0 aliphatic rings. The van der Waals surface area contributed by atoms with Crippen molar-refractivity contribution in [3.63, 3.8) is 0 Å². The number of carboxylic acid groups (broad SMARTS) is 1. The predicted molar refractivity (Wildman–Crippen MR) is 86.3 cm³/mol. The molecule has 0 heterocycles. The highest BCUT2D eigenvalue weighted by molar-refractivity contribution is 5.83. The van der Waals surface area contributed by atoms with Gasteiger partial charge >= 0.3 is 5.97 Å². The molecule has 1 atom stereocenters. The summed E-state index contributed by atoms with van der Waals surface area (Å²) in [6, 6.07) is -0.798. The number of carbonyl (C=O) groups is 2. The van der Waals surface area contributed by atoms with Gasteiger partial charge in [0.25, 0.3) is 0 Å². The standard InChI is InChI=1S/C17H33NO3/c1-3-4-5-6-7-8-9-10-11-12-13-14-16(19)18-15(2)17(20)21/h15H,3-14H2,1-2H3,(H,18,19)(H,20,21)/t15-/m0/s1/i1D. The van der Waals surface area contributed by atoms with Crippen LogP contribution in [0, 0.1) is 0 Å². The molecule has 2 N–H and O–H groups in total. The molecule has 4 nitrogen and oxygen atoms in total. The van der Waals surface area contributed by atoms with Crippen LogP contribution in [-0.2, 0) is 9.59 Å². The van der Waals surface area contributed by atoms with Crippen LogP contribution in [0.3, 0.4) is 0 Å². The normalized spacial score (nSPS) is 12.7. The molecular formula is C17H33NO3. The summed E-state index contributed by atoms with van der Waals surface area (Å²) in [5.41, 5.74) is 0. The summed E-state index contributed by atoms with van der Waals surface area (Å²) in [6.45, 7) is 2.04. The van der Waals surface area contributed by atoms with Crippen LogP contribution in [0.4, 0.5) is 0 Å². The Hall–Kier alpha value is -1.06. The van der Waals surface area contributed by atoms with Gasteiger partial charge in [0.1, 0.15) is 6.04 Å². The second-order valence-corrected chi connectivity index (χ2v) is 5.77. The summed E-state index contributed by atoms with van der Waals surface area (Å²) in [5, 5.41) is 11.1. The highest BCUT2D eigenvalue weighted by atomic mass is 16.4. The molecule has 0 saturated heterocycles. The van der Waals surface area contributed by atoms with Crippen LogP contribution in [-0.4, -0.2) is 23.0 Å². The predicted octanol–water partition coefficient (Wildman–Crippen LogP) is 4.28. The minimum Gasteiger partial charge on any atom is -0.480 e. The van der Waals surface area contributed by atoms with Gasteiger partial charge in [-0.05, 0) is 13.3 Å². The number of amides is 1. The molecular weight excluding hydrogens is 266 g/mol. The summed E-state index contributed by atoms with van der Waals surface area (Å²) in [7, 11) is 0. The van der Waals surface area contributed by atoms with E-state index in [0.717, 1.165) is 25.7 Å². The summed E-state index contributed by atoms with van der Waals surface area (Å²) < 4.78 is 7.06. The van der Waals surface area contributed by atoms with E-state index in [0.29, 0.717) is 13.3 Å². The number of hydrogen-bond donors (Lipinski definition) is 2. The first kappa shape index (κ1) is 18.0. The fraction of sp³-hybridized carbons (Fsp3) is 0.882. The molecule has 0 spiro atoms. The van der Waals surface area contributed by atoms with Gasteiger partial charge < -0.3 is 10.4 Å². The molecule has 0 aromatic rings. The molecule has 0 rings (SSSR count). The Morgan fingerprint density at radius 3 is 1.90 bits per heavy atom. The van der Waals surface area contributed by atoms with Crippen molar-refractivity contribution in [2.75, 3.05) is 0 Å². The van der Waals surface area contributed by atoms with E-state index < -0.39 is 12.0 Å². The molecule has 0 aliphatic carbocycles. The maximum absolute atomic E-state index is 11.5. The van der Waals surface area contributed by atoms with Crippen molar-refractivity contribution in [1.29, 1.82) is 0 Å². The molecule has 124 valence electrons. The number of carboxylic acids is 1. The third-order valence-corrected chi connectivity index (χ3v) is 3.65. The molecule has 0 bridgehead atoms. The Balaban J connectivity index is 3.23. The largest absolute Gasteiger partial charge is 0.480 e. The Morgan fingerprint density at radius 2 is 1.43 bits per heavy atom. The van der Waals surface area contributed by atoms with E-state index in [1.54, 1.807) is 0 Å². The van der Waals surface area contributed by atoms with Crippen molar-refractivity contribution in [2.24, 2.45) is 0 Å². The molecule has 0 unspecified atom stereocenters. The minimum absolute atomic E-state index is 0.164. The van der Waals surface area contributed by atoms with Crippen LogP contribution >= 0.6 is 0 Å². The van der Waals surface area contributed by atoms with E-state index in [1.165, 1.54) is 51.9 Å². The lowest BCUT2D eigenvalue weighted by molar-refractivity contribution is -0.141. The van der Waals surface area contributed by atoms with Gasteiger partial charge in [-0.25, -0.2) is 0 Å². The third kappa shape index (κ3) is 13.7. The van der Waals surface area contributed by atoms with E-state index >= 15 is 0 Å². The maximum Gasteiger partial charge on any atom is 0.325 e. The molecule has 0 aromatic carbocycles. The SMILES string of the molecule is [2H]CCCCCCCCCCCCCC(=O)N[C@@H](C)C(=O)O. The number of carbonyl (C=O) groups excluding carboxylic acids is 1. The molecule has 0 fully saturated rings. The first-order valence-electron chi connectivity index (χ1n) is 9.10. The molecule has 1 amide bonds. The van der Waals surface area contributed by atoms with Crippen molar-refractivity contribution in [2.45, 2.75) is 96.9 Å². The van der Waals surface area contributed by atoms with Gasteiger partial charge in [0.2, 0.25) is 5.91 Å². The number of hydrogen-bond acceptors (Lipinski definition) is 2. The number of nitrogens with one attached hydrogen (secondary N) is 1. The first-order chi connectivity index (χ1) is 10.6. The lowest BCUT2D eigenvalue weighted by Gasteiger charge is -2.08. The van der Waals surface area contributed by atoms with Gasteiger partial charge in [0.15, 0.2) is 0 Å². The van der Waals surface area contributed by atoms with Crippen LogP contribution in [0.2, 0.25) is 0 Å². The van der Waals surface area contributed by atoms with Crippen LogP contribution in [0.15, 0.2) is 0 Å². The van der Waals surface area contributed by atoms with Crippen LogP contribution in [0.25, 0.3) is 0 Å². The van der Waals surface area contributed by atoms with E-state index in [1.807, 2.05) is 0 Å². The Kier molecular flexibility index (Phi) is 11.9. The van der Waals surface area contributed by atoms with E-state index in [-0.39, 0.29) is 5.91 Å². The third-order valence-electron chi connectivity index (χ3n) is 3.65. The smallest absolute Gasteiger partial charge is 0.325 e. The van der Waals surface area contributed by atoms with E-state index in [4.69, 9.17) is 6.48 Å². The van der Waals surface area contributed by atoms with Gasteiger partial charge in [-0.1, -0.05) is 71.1 Å². The molecule has 0 aromatic heterocycles. The monoisotopic (exact) mass is 300 g/mol. The van der Waals surface area contributed by atoms with E-state index in [2.05, 4.69) is 5.32 Å². The summed E-state index contributed by atoms with van der Waals surface area (Å²) in [6.07, 6.45) is 13.3. The molecule has 0 radical (unpaired) electrons. The molecule has 0 aliphatic heterocycles. The second kappa shape index (κ2) is 13.9. The summed E-state index contributed by atoms with van der Waals surface area (Å²) in [4.78, 5) is 22.0.